The number of aryl methyl sites for hydroxylation is 1. The van der Waals surface area contributed by atoms with Gasteiger partial charge in [-0.3, -0.25) is 4.79 Å². The molecule has 1 aromatic carbocycles. The van der Waals surface area contributed by atoms with Crippen molar-refractivity contribution < 1.29 is 4.79 Å². The van der Waals surface area contributed by atoms with Gasteiger partial charge in [0.25, 0.3) is 5.91 Å². The molecule has 2 aromatic rings. The monoisotopic (exact) mass is 347 g/mol. The molecule has 2 rings (SSSR count). The number of anilines is 2. The molecule has 5 heteroatoms. The summed E-state index contributed by atoms with van der Waals surface area (Å²) in [6.07, 6.45) is 1.85. The topological polar surface area (TPSA) is 54.0 Å². The summed E-state index contributed by atoms with van der Waals surface area (Å²) in [7, 11) is 1.80. The van der Waals surface area contributed by atoms with Gasteiger partial charge in [0, 0.05) is 28.5 Å². The summed E-state index contributed by atoms with van der Waals surface area (Å²) >= 11 is 3.37. The van der Waals surface area contributed by atoms with Crippen LogP contribution in [0.1, 0.15) is 29.4 Å². The minimum absolute atomic E-state index is 0.131. The molecule has 0 atom stereocenters. The minimum Gasteiger partial charge on any atom is -0.373 e. The fraction of sp³-hybridized carbons (Fsp3) is 0.250. The summed E-state index contributed by atoms with van der Waals surface area (Å²) in [6.45, 7) is 2.09. The molecular weight excluding hydrogens is 330 g/mol. The Hall–Kier alpha value is -1.88. The third-order valence-corrected chi connectivity index (χ3v) is 3.53. The second kappa shape index (κ2) is 7.22. The van der Waals surface area contributed by atoms with E-state index in [9.17, 15) is 4.79 Å². The van der Waals surface area contributed by atoms with E-state index in [1.54, 1.807) is 13.1 Å². The number of hydrogen-bond donors (Lipinski definition) is 2. The average molecular weight is 348 g/mol. The van der Waals surface area contributed by atoms with Crippen LogP contribution in [0.2, 0.25) is 0 Å². The van der Waals surface area contributed by atoms with Gasteiger partial charge in [0.2, 0.25) is 0 Å². The van der Waals surface area contributed by atoms with Gasteiger partial charge >= 0.3 is 0 Å². The summed E-state index contributed by atoms with van der Waals surface area (Å²) < 4.78 is 0.979. The molecule has 0 unspecified atom stereocenters. The second-order valence-corrected chi connectivity index (χ2v) is 5.61. The van der Waals surface area contributed by atoms with E-state index in [4.69, 9.17) is 0 Å². The number of benzene rings is 1. The Labute approximate surface area is 133 Å². The summed E-state index contributed by atoms with van der Waals surface area (Å²) in [5, 5.41) is 5.89. The van der Waals surface area contributed by atoms with Crippen molar-refractivity contribution in [2.24, 2.45) is 0 Å². The van der Waals surface area contributed by atoms with E-state index in [-0.39, 0.29) is 5.91 Å². The maximum Gasteiger partial charge on any atom is 0.255 e. The Morgan fingerprint density at radius 3 is 2.57 bits per heavy atom. The predicted octanol–water partition coefficient (Wildman–Crippen LogP) is 4.09. The largest absolute Gasteiger partial charge is 0.373 e. The summed E-state index contributed by atoms with van der Waals surface area (Å²) in [4.78, 5) is 16.8. The molecule has 1 heterocycles. The van der Waals surface area contributed by atoms with Crippen molar-refractivity contribution in [2.45, 2.75) is 19.8 Å². The zero-order valence-electron chi connectivity index (χ0n) is 12.1. The Morgan fingerprint density at radius 2 is 1.95 bits per heavy atom. The van der Waals surface area contributed by atoms with Crippen LogP contribution >= 0.6 is 15.9 Å². The summed E-state index contributed by atoms with van der Waals surface area (Å²) in [5.41, 5.74) is 2.30. The zero-order valence-corrected chi connectivity index (χ0v) is 13.7. The first-order valence-corrected chi connectivity index (χ1v) is 7.67. The van der Waals surface area contributed by atoms with Crippen molar-refractivity contribution in [1.29, 1.82) is 0 Å². The van der Waals surface area contributed by atoms with Crippen LogP contribution in [0.4, 0.5) is 11.5 Å². The average Bonchev–Trinajstić information content (AvgIpc) is 2.49. The molecule has 0 aliphatic carbocycles. The van der Waals surface area contributed by atoms with Gasteiger partial charge in [-0.15, -0.1) is 0 Å². The van der Waals surface area contributed by atoms with Crippen molar-refractivity contribution >= 4 is 33.3 Å². The maximum atomic E-state index is 12.3. The lowest BCUT2D eigenvalue weighted by Crippen LogP contribution is -2.13. The maximum absolute atomic E-state index is 12.3. The molecular formula is C16H18BrN3O. The number of nitrogens with zero attached hydrogens (tertiary/aromatic N) is 1. The lowest BCUT2D eigenvalue weighted by atomic mass is 10.1. The Bertz CT molecular complexity index is 626. The molecule has 1 aromatic heterocycles. The molecule has 0 saturated carbocycles. The summed E-state index contributed by atoms with van der Waals surface area (Å²) in [6, 6.07) is 11.1. The fourth-order valence-corrected chi connectivity index (χ4v) is 2.23. The van der Waals surface area contributed by atoms with Gasteiger partial charge < -0.3 is 10.6 Å². The summed E-state index contributed by atoms with van der Waals surface area (Å²) in [5.74, 6) is 0.579. The zero-order chi connectivity index (χ0) is 15.2. The van der Waals surface area contributed by atoms with Gasteiger partial charge in [-0.1, -0.05) is 29.3 Å². The van der Waals surface area contributed by atoms with Crippen LogP contribution in [0.15, 0.2) is 40.9 Å². The Kier molecular flexibility index (Phi) is 5.33. The highest BCUT2D eigenvalue weighted by Gasteiger charge is 2.10. The van der Waals surface area contributed by atoms with Crippen LogP contribution in [0.5, 0.6) is 0 Å². The molecule has 110 valence electrons. The van der Waals surface area contributed by atoms with E-state index < -0.39 is 0 Å². The fourth-order valence-electron chi connectivity index (χ4n) is 1.97. The molecule has 0 fully saturated rings. The molecule has 1 amide bonds. The highest BCUT2D eigenvalue weighted by Crippen LogP contribution is 2.17. The third-order valence-electron chi connectivity index (χ3n) is 3.00. The van der Waals surface area contributed by atoms with E-state index in [0.29, 0.717) is 11.4 Å². The molecule has 0 radical (unpaired) electrons. The molecule has 0 saturated heterocycles. The first-order valence-electron chi connectivity index (χ1n) is 6.88. The van der Waals surface area contributed by atoms with E-state index in [1.165, 1.54) is 0 Å². The standard InChI is InChI=1S/C16H18BrN3O/c1-3-4-14-9-11(10-15(18-2)19-14)16(21)20-13-7-5-12(17)6-8-13/h5-10H,3-4H2,1-2H3,(H,18,19)(H,20,21). The van der Waals surface area contributed by atoms with E-state index in [1.807, 2.05) is 30.3 Å². The number of carbonyl (C=O) groups excluding carboxylic acids is 1. The van der Waals surface area contributed by atoms with Crippen LogP contribution in [0.3, 0.4) is 0 Å². The number of halogens is 1. The van der Waals surface area contributed by atoms with Gasteiger partial charge in [-0.2, -0.15) is 0 Å². The second-order valence-electron chi connectivity index (χ2n) is 4.69. The van der Waals surface area contributed by atoms with Gasteiger partial charge in [-0.25, -0.2) is 4.98 Å². The Morgan fingerprint density at radius 1 is 1.24 bits per heavy atom. The van der Waals surface area contributed by atoms with Crippen molar-refractivity contribution in [3.8, 4) is 0 Å². The van der Waals surface area contributed by atoms with Crippen LogP contribution in [0, 0.1) is 0 Å². The lowest BCUT2D eigenvalue weighted by Gasteiger charge is -2.09. The van der Waals surface area contributed by atoms with Gasteiger partial charge in [0.1, 0.15) is 5.82 Å². The first-order chi connectivity index (χ1) is 10.1. The van der Waals surface area contributed by atoms with Crippen molar-refractivity contribution in [2.75, 3.05) is 17.7 Å². The van der Waals surface area contributed by atoms with Crippen LogP contribution in [0.25, 0.3) is 0 Å². The highest BCUT2D eigenvalue weighted by molar-refractivity contribution is 9.10. The number of pyridine rings is 1. The van der Waals surface area contributed by atoms with E-state index in [2.05, 4.69) is 38.5 Å². The molecule has 0 spiro atoms. The van der Waals surface area contributed by atoms with Crippen LogP contribution < -0.4 is 10.6 Å². The lowest BCUT2D eigenvalue weighted by molar-refractivity contribution is 0.102. The number of rotatable bonds is 5. The van der Waals surface area contributed by atoms with Gasteiger partial charge in [0.05, 0.1) is 0 Å². The number of aromatic nitrogens is 1. The molecule has 0 bridgehead atoms. The first kappa shape index (κ1) is 15.5. The molecule has 0 aliphatic rings. The third kappa shape index (κ3) is 4.29. The number of hydrogen-bond acceptors (Lipinski definition) is 3. The number of carbonyl (C=O) groups is 1. The molecule has 2 N–H and O–H groups in total. The van der Waals surface area contributed by atoms with Crippen LogP contribution in [-0.4, -0.2) is 17.9 Å². The van der Waals surface area contributed by atoms with Crippen LogP contribution in [-0.2, 0) is 6.42 Å². The quantitative estimate of drug-likeness (QED) is 0.856. The number of amides is 1. The molecule has 4 nitrogen and oxygen atoms in total. The Balaban J connectivity index is 2.21. The predicted molar refractivity (Wildman–Crippen MR) is 89.9 cm³/mol. The van der Waals surface area contributed by atoms with Crippen molar-refractivity contribution in [1.82, 2.24) is 4.98 Å². The normalized spacial score (nSPS) is 10.2. The molecule has 0 aliphatic heterocycles. The SMILES string of the molecule is CCCc1cc(C(=O)Nc2ccc(Br)cc2)cc(NC)n1. The van der Waals surface area contributed by atoms with Crippen molar-refractivity contribution in [3.63, 3.8) is 0 Å². The highest BCUT2D eigenvalue weighted by atomic mass is 79.9. The van der Waals surface area contributed by atoms with Crippen molar-refractivity contribution in [3.05, 3.63) is 52.1 Å². The van der Waals surface area contributed by atoms with E-state index in [0.717, 1.165) is 28.7 Å². The molecule has 21 heavy (non-hydrogen) atoms. The minimum atomic E-state index is -0.131. The van der Waals surface area contributed by atoms with E-state index >= 15 is 0 Å². The van der Waals surface area contributed by atoms with Gasteiger partial charge in [-0.05, 0) is 42.8 Å². The van der Waals surface area contributed by atoms with Gasteiger partial charge in [0.15, 0.2) is 0 Å². The number of nitrogens with one attached hydrogen (secondary N) is 2. The smallest absolute Gasteiger partial charge is 0.255 e.